The normalized spacial score (nSPS) is 12.4. The van der Waals surface area contributed by atoms with E-state index in [1.165, 1.54) is 4.31 Å². The molecule has 0 heterocycles. The molecular formula is C15H25NO3S. The zero-order chi connectivity index (χ0) is 15.5. The first kappa shape index (κ1) is 17.1. The topological polar surface area (TPSA) is 57.6 Å². The van der Waals surface area contributed by atoms with Crippen LogP contribution in [0.25, 0.3) is 0 Å². The highest BCUT2D eigenvalue weighted by Gasteiger charge is 2.23. The molecule has 1 rings (SSSR count). The van der Waals surface area contributed by atoms with Crippen molar-refractivity contribution in [1.29, 1.82) is 0 Å². The molecule has 0 unspecified atom stereocenters. The third kappa shape index (κ3) is 3.81. The molecule has 0 fully saturated rings. The lowest BCUT2D eigenvalue weighted by molar-refractivity contribution is 0.280. The van der Waals surface area contributed by atoms with Gasteiger partial charge in [-0.25, -0.2) is 12.7 Å². The fourth-order valence-corrected chi connectivity index (χ4v) is 3.49. The van der Waals surface area contributed by atoms with Crippen molar-refractivity contribution in [3.8, 4) is 0 Å². The van der Waals surface area contributed by atoms with Crippen LogP contribution in [-0.4, -0.2) is 31.4 Å². The number of aliphatic hydroxyl groups is 1. The van der Waals surface area contributed by atoms with Gasteiger partial charge >= 0.3 is 0 Å². The van der Waals surface area contributed by atoms with Crippen molar-refractivity contribution in [3.63, 3.8) is 0 Å². The first-order chi connectivity index (χ1) is 9.20. The second-order valence-corrected chi connectivity index (χ2v) is 7.72. The molecule has 0 aromatic heterocycles. The predicted molar refractivity (Wildman–Crippen MR) is 81.1 cm³/mol. The van der Waals surface area contributed by atoms with E-state index < -0.39 is 10.0 Å². The van der Waals surface area contributed by atoms with Gasteiger partial charge < -0.3 is 5.11 Å². The molecule has 1 aromatic rings. The van der Waals surface area contributed by atoms with Crippen LogP contribution in [0.15, 0.2) is 17.0 Å². The Balaban J connectivity index is 3.15. The number of rotatable bonds is 6. The number of hydrogen-bond acceptors (Lipinski definition) is 3. The minimum atomic E-state index is -3.49. The Hall–Kier alpha value is -0.910. The van der Waals surface area contributed by atoms with E-state index in [2.05, 4.69) is 13.8 Å². The zero-order valence-electron chi connectivity index (χ0n) is 13.0. The lowest BCUT2D eigenvalue weighted by Crippen LogP contribution is -2.29. The smallest absolute Gasteiger partial charge is 0.243 e. The van der Waals surface area contributed by atoms with Crippen molar-refractivity contribution in [2.75, 3.05) is 13.6 Å². The van der Waals surface area contributed by atoms with Crippen LogP contribution in [0.3, 0.4) is 0 Å². The molecule has 0 aliphatic heterocycles. The average molecular weight is 299 g/mol. The van der Waals surface area contributed by atoms with Crippen LogP contribution in [0, 0.1) is 19.8 Å². The highest BCUT2D eigenvalue weighted by molar-refractivity contribution is 7.89. The highest BCUT2D eigenvalue weighted by Crippen LogP contribution is 2.23. The Morgan fingerprint density at radius 1 is 1.20 bits per heavy atom. The zero-order valence-corrected chi connectivity index (χ0v) is 13.8. The van der Waals surface area contributed by atoms with Crippen LogP contribution in [0.2, 0.25) is 0 Å². The first-order valence-electron chi connectivity index (χ1n) is 6.87. The third-order valence-electron chi connectivity index (χ3n) is 3.51. The number of aliphatic hydroxyl groups excluding tert-OH is 1. The van der Waals surface area contributed by atoms with Crippen LogP contribution in [0.4, 0.5) is 0 Å². The van der Waals surface area contributed by atoms with E-state index in [0.29, 0.717) is 22.9 Å². The van der Waals surface area contributed by atoms with Gasteiger partial charge in [0.2, 0.25) is 10.0 Å². The number of benzene rings is 1. The predicted octanol–water partition coefficient (Wildman–Crippen LogP) is 2.46. The lowest BCUT2D eigenvalue weighted by atomic mass is 10.1. The molecule has 4 nitrogen and oxygen atoms in total. The highest BCUT2D eigenvalue weighted by atomic mass is 32.2. The van der Waals surface area contributed by atoms with E-state index in [1.807, 2.05) is 13.0 Å². The minimum Gasteiger partial charge on any atom is -0.392 e. The molecule has 0 saturated heterocycles. The number of hydrogen-bond donors (Lipinski definition) is 1. The maximum absolute atomic E-state index is 12.6. The summed E-state index contributed by atoms with van der Waals surface area (Å²) in [6.45, 7) is 8.16. The maximum Gasteiger partial charge on any atom is 0.243 e. The summed E-state index contributed by atoms with van der Waals surface area (Å²) in [6.07, 6.45) is 0.827. The lowest BCUT2D eigenvalue weighted by Gasteiger charge is -2.20. The van der Waals surface area contributed by atoms with Crippen molar-refractivity contribution < 1.29 is 13.5 Å². The van der Waals surface area contributed by atoms with Crippen LogP contribution in [0.5, 0.6) is 0 Å². The van der Waals surface area contributed by atoms with Gasteiger partial charge in [-0.1, -0.05) is 19.9 Å². The van der Waals surface area contributed by atoms with E-state index in [0.717, 1.165) is 17.5 Å². The van der Waals surface area contributed by atoms with Crippen molar-refractivity contribution >= 4 is 10.0 Å². The Morgan fingerprint density at radius 2 is 1.80 bits per heavy atom. The molecule has 0 radical (unpaired) electrons. The molecular weight excluding hydrogens is 274 g/mol. The van der Waals surface area contributed by atoms with Crippen LogP contribution in [0.1, 0.15) is 37.0 Å². The summed E-state index contributed by atoms with van der Waals surface area (Å²) in [7, 11) is -1.89. The minimum absolute atomic E-state index is 0.148. The van der Waals surface area contributed by atoms with Gasteiger partial charge in [0.1, 0.15) is 0 Å². The molecule has 0 atom stereocenters. The van der Waals surface area contributed by atoms with E-state index in [1.54, 1.807) is 20.0 Å². The Bertz CT molecular complexity index is 565. The molecule has 0 bridgehead atoms. The van der Waals surface area contributed by atoms with E-state index in [-0.39, 0.29) is 6.61 Å². The van der Waals surface area contributed by atoms with Gasteiger partial charge in [-0.05, 0) is 48.9 Å². The molecule has 1 N–H and O–H groups in total. The summed E-state index contributed by atoms with van der Waals surface area (Å²) in [6, 6.07) is 3.40. The summed E-state index contributed by atoms with van der Waals surface area (Å²) < 4.78 is 26.6. The van der Waals surface area contributed by atoms with Gasteiger partial charge in [-0.3, -0.25) is 0 Å². The van der Waals surface area contributed by atoms with Gasteiger partial charge in [0, 0.05) is 13.6 Å². The van der Waals surface area contributed by atoms with Crippen molar-refractivity contribution in [3.05, 3.63) is 28.8 Å². The van der Waals surface area contributed by atoms with E-state index in [4.69, 9.17) is 0 Å². The summed E-state index contributed by atoms with van der Waals surface area (Å²) in [5.41, 5.74) is 2.29. The van der Waals surface area contributed by atoms with Gasteiger partial charge in [0.25, 0.3) is 0 Å². The third-order valence-corrected chi connectivity index (χ3v) is 5.51. The van der Waals surface area contributed by atoms with E-state index >= 15 is 0 Å². The quantitative estimate of drug-likeness (QED) is 0.878. The number of nitrogens with zero attached hydrogens (tertiary/aromatic N) is 1. The fraction of sp³-hybridized carbons (Fsp3) is 0.600. The van der Waals surface area contributed by atoms with Crippen molar-refractivity contribution in [1.82, 2.24) is 4.31 Å². The molecule has 0 aliphatic carbocycles. The Kier molecular flexibility index (Phi) is 5.74. The number of aryl methyl sites for hydroxylation is 2. The molecule has 5 heteroatoms. The molecule has 0 aliphatic rings. The summed E-state index contributed by atoms with van der Waals surface area (Å²) >= 11 is 0. The summed E-state index contributed by atoms with van der Waals surface area (Å²) in [5.74, 6) is 0.458. The maximum atomic E-state index is 12.6. The van der Waals surface area contributed by atoms with Gasteiger partial charge in [0.05, 0.1) is 11.5 Å². The van der Waals surface area contributed by atoms with Crippen LogP contribution in [-0.2, 0) is 16.6 Å². The number of sulfonamides is 1. The Labute approximate surface area is 122 Å². The molecule has 20 heavy (non-hydrogen) atoms. The second kappa shape index (κ2) is 6.70. The van der Waals surface area contributed by atoms with Crippen LogP contribution < -0.4 is 0 Å². The van der Waals surface area contributed by atoms with E-state index in [9.17, 15) is 13.5 Å². The molecule has 0 saturated carbocycles. The fourth-order valence-electron chi connectivity index (χ4n) is 2.05. The monoisotopic (exact) mass is 299 g/mol. The molecule has 0 spiro atoms. The molecule has 1 aromatic carbocycles. The van der Waals surface area contributed by atoms with Gasteiger partial charge in [-0.2, -0.15) is 0 Å². The van der Waals surface area contributed by atoms with Crippen molar-refractivity contribution in [2.45, 2.75) is 45.6 Å². The van der Waals surface area contributed by atoms with Crippen LogP contribution >= 0.6 is 0 Å². The first-order valence-corrected chi connectivity index (χ1v) is 8.31. The summed E-state index contributed by atoms with van der Waals surface area (Å²) in [4.78, 5) is 0.290. The Morgan fingerprint density at radius 3 is 2.30 bits per heavy atom. The summed E-state index contributed by atoms with van der Waals surface area (Å²) in [5, 5.41) is 9.31. The van der Waals surface area contributed by atoms with Gasteiger partial charge in [0.15, 0.2) is 0 Å². The molecule has 0 amide bonds. The van der Waals surface area contributed by atoms with Crippen molar-refractivity contribution in [2.24, 2.45) is 5.92 Å². The van der Waals surface area contributed by atoms with Gasteiger partial charge in [-0.15, -0.1) is 0 Å². The SMILES string of the molecule is Cc1cc(C)c(S(=O)(=O)N(C)CCC(C)C)cc1CO. The standard InChI is InChI=1S/C15H25NO3S/c1-11(2)6-7-16(5)20(18,19)15-9-14(10-17)12(3)8-13(15)4/h8-9,11,17H,6-7,10H2,1-5H3. The second-order valence-electron chi connectivity index (χ2n) is 5.71. The molecule has 114 valence electrons. The average Bonchev–Trinajstić information content (AvgIpc) is 2.35. The largest absolute Gasteiger partial charge is 0.392 e.